The predicted octanol–water partition coefficient (Wildman–Crippen LogP) is 3.24. The van der Waals surface area contributed by atoms with Crippen LogP contribution in [-0.2, 0) is 0 Å². The van der Waals surface area contributed by atoms with E-state index < -0.39 is 0 Å². The smallest absolute Gasteiger partial charge is 0.175 e. The van der Waals surface area contributed by atoms with Gasteiger partial charge in [-0.3, -0.25) is 0 Å². The fourth-order valence-electron chi connectivity index (χ4n) is 3.32. The maximum Gasteiger partial charge on any atom is 0.175 e. The molecule has 0 radical (unpaired) electrons. The van der Waals surface area contributed by atoms with E-state index in [1.54, 1.807) is 0 Å². The summed E-state index contributed by atoms with van der Waals surface area (Å²) >= 11 is 12.0. The van der Waals surface area contributed by atoms with E-state index in [1.165, 1.54) is 45.2 Å². The molecule has 2 aliphatic rings. The number of aromatic nitrogens is 2. The molecule has 110 valence electrons. The minimum atomic E-state index is 0.405. The van der Waals surface area contributed by atoms with Gasteiger partial charge in [0.05, 0.1) is 5.69 Å². The highest BCUT2D eigenvalue weighted by molar-refractivity contribution is 6.33. The molecule has 0 N–H and O–H groups in total. The van der Waals surface area contributed by atoms with E-state index >= 15 is 0 Å². The second kappa shape index (κ2) is 6.46. The molecule has 4 nitrogen and oxygen atoms in total. The fraction of sp³-hybridized carbons (Fsp3) is 0.714. The van der Waals surface area contributed by atoms with E-state index in [9.17, 15) is 0 Å². The van der Waals surface area contributed by atoms with Crippen molar-refractivity contribution in [3.63, 3.8) is 0 Å². The number of rotatable bonds is 2. The number of likely N-dealkylation sites (tertiary alicyclic amines) is 1. The molecule has 2 aliphatic heterocycles. The van der Waals surface area contributed by atoms with E-state index in [1.807, 2.05) is 6.07 Å². The van der Waals surface area contributed by atoms with Gasteiger partial charge in [-0.25, -0.2) is 0 Å². The normalized spacial score (nSPS) is 22.2. The molecule has 0 aliphatic carbocycles. The van der Waals surface area contributed by atoms with Gasteiger partial charge in [0.25, 0.3) is 0 Å². The van der Waals surface area contributed by atoms with E-state index in [0.717, 1.165) is 24.8 Å². The van der Waals surface area contributed by atoms with Crippen LogP contribution in [0, 0.1) is 0 Å². The van der Waals surface area contributed by atoms with Crippen LogP contribution < -0.4 is 4.90 Å². The maximum atomic E-state index is 6.13. The third-order valence-corrected chi connectivity index (χ3v) is 4.87. The monoisotopic (exact) mass is 314 g/mol. The van der Waals surface area contributed by atoms with E-state index in [0.29, 0.717) is 10.3 Å². The Kier molecular flexibility index (Phi) is 4.64. The Labute approximate surface area is 130 Å². The number of nitrogens with zero attached hydrogens (tertiary/aromatic N) is 4. The van der Waals surface area contributed by atoms with Gasteiger partial charge in [-0.2, -0.15) is 0 Å². The SMILES string of the molecule is Clc1cc(N2CCC(N3CCCCC3)CC2)c(Cl)nn1. The molecule has 0 atom stereocenters. The Bertz CT molecular complexity index is 454. The maximum absolute atomic E-state index is 6.13. The lowest BCUT2D eigenvalue weighted by Crippen LogP contribution is -2.46. The molecule has 3 rings (SSSR count). The highest BCUT2D eigenvalue weighted by Crippen LogP contribution is 2.29. The van der Waals surface area contributed by atoms with Crippen molar-refractivity contribution in [2.75, 3.05) is 31.1 Å². The Balaban J connectivity index is 1.61. The third-order valence-electron chi connectivity index (χ3n) is 4.41. The summed E-state index contributed by atoms with van der Waals surface area (Å²) in [5.41, 5.74) is 0.920. The first-order valence-electron chi connectivity index (χ1n) is 7.42. The summed E-state index contributed by atoms with van der Waals surface area (Å²) in [5, 5.41) is 8.52. The molecule has 3 heterocycles. The zero-order valence-electron chi connectivity index (χ0n) is 11.6. The lowest BCUT2D eigenvalue weighted by atomic mass is 10.00. The second-order valence-electron chi connectivity index (χ2n) is 5.66. The van der Waals surface area contributed by atoms with Gasteiger partial charge >= 0.3 is 0 Å². The third kappa shape index (κ3) is 3.18. The van der Waals surface area contributed by atoms with Gasteiger partial charge in [0.2, 0.25) is 0 Å². The summed E-state index contributed by atoms with van der Waals surface area (Å²) < 4.78 is 0. The Morgan fingerprint density at radius 3 is 2.35 bits per heavy atom. The van der Waals surface area contributed by atoms with E-state index in [4.69, 9.17) is 23.2 Å². The van der Waals surface area contributed by atoms with Crippen LogP contribution in [0.2, 0.25) is 10.3 Å². The molecule has 0 bridgehead atoms. The Hall–Kier alpha value is -0.580. The molecule has 0 aromatic carbocycles. The van der Waals surface area contributed by atoms with Crippen LogP contribution in [-0.4, -0.2) is 47.3 Å². The quantitative estimate of drug-likeness (QED) is 0.839. The lowest BCUT2D eigenvalue weighted by Gasteiger charge is -2.41. The molecule has 0 amide bonds. The molecule has 6 heteroatoms. The second-order valence-corrected chi connectivity index (χ2v) is 6.40. The van der Waals surface area contributed by atoms with E-state index in [-0.39, 0.29) is 0 Å². The van der Waals surface area contributed by atoms with Crippen LogP contribution in [0.25, 0.3) is 0 Å². The number of anilines is 1. The summed E-state index contributed by atoms with van der Waals surface area (Å²) in [4.78, 5) is 4.95. The molecular formula is C14H20Cl2N4. The van der Waals surface area contributed by atoms with Crippen LogP contribution in [0.1, 0.15) is 32.1 Å². The first-order chi connectivity index (χ1) is 9.74. The minimum Gasteiger partial charge on any atom is -0.369 e. The average Bonchev–Trinajstić information content (AvgIpc) is 2.51. The number of halogens is 2. The molecule has 20 heavy (non-hydrogen) atoms. The minimum absolute atomic E-state index is 0.405. The van der Waals surface area contributed by atoms with Gasteiger partial charge in [-0.15, -0.1) is 10.2 Å². The van der Waals surface area contributed by atoms with Crippen molar-refractivity contribution in [2.45, 2.75) is 38.1 Å². The number of piperidine rings is 2. The predicted molar refractivity (Wildman–Crippen MR) is 82.7 cm³/mol. The van der Waals surface area contributed by atoms with Crippen molar-refractivity contribution in [2.24, 2.45) is 0 Å². The van der Waals surface area contributed by atoms with Crippen molar-refractivity contribution in [1.29, 1.82) is 0 Å². The number of hydrogen-bond acceptors (Lipinski definition) is 4. The zero-order chi connectivity index (χ0) is 13.9. The fourth-order valence-corrected chi connectivity index (χ4v) is 3.67. The topological polar surface area (TPSA) is 32.3 Å². The first kappa shape index (κ1) is 14.4. The first-order valence-corrected chi connectivity index (χ1v) is 8.17. The van der Waals surface area contributed by atoms with Crippen LogP contribution in [0.4, 0.5) is 5.69 Å². The van der Waals surface area contributed by atoms with Gasteiger partial charge in [0, 0.05) is 25.2 Å². The number of hydrogen-bond donors (Lipinski definition) is 0. The molecule has 0 saturated carbocycles. The molecular weight excluding hydrogens is 295 g/mol. The van der Waals surface area contributed by atoms with Crippen molar-refractivity contribution in [3.05, 3.63) is 16.4 Å². The molecule has 1 aromatic rings. The van der Waals surface area contributed by atoms with Gasteiger partial charge < -0.3 is 9.80 Å². The molecule has 1 aromatic heterocycles. The van der Waals surface area contributed by atoms with Crippen LogP contribution in [0.5, 0.6) is 0 Å². The van der Waals surface area contributed by atoms with Crippen molar-refractivity contribution in [3.8, 4) is 0 Å². The van der Waals surface area contributed by atoms with Gasteiger partial charge in [0.1, 0.15) is 0 Å². The highest BCUT2D eigenvalue weighted by atomic mass is 35.5. The van der Waals surface area contributed by atoms with Crippen molar-refractivity contribution >= 4 is 28.9 Å². The summed E-state index contributed by atoms with van der Waals surface area (Å²) in [6, 6.07) is 2.55. The van der Waals surface area contributed by atoms with E-state index in [2.05, 4.69) is 20.0 Å². The van der Waals surface area contributed by atoms with Gasteiger partial charge in [-0.05, 0) is 38.8 Å². The van der Waals surface area contributed by atoms with Gasteiger partial charge in [-0.1, -0.05) is 29.6 Å². The summed E-state index contributed by atoms with van der Waals surface area (Å²) in [6.07, 6.45) is 6.49. The lowest BCUT2D eigenvalue weighted by molar-refractivity contribution is 0.141. The van der Waals surface area contributed by atoms with Crippen LogP contribution in [0.15, 0.2) is 6.07 Å². The highest BCUT2D eigenvalue weighted by Gasteiger charge is 2.26. The zero-order valence-corrected chi connectivity index (χ0v) is 13.1. The molecule has 0 unspecified atom stereocenters. The largest absolute Gasteiger partial charge is 0.369 e. The molecule has 2 saturated heterocycles. The Morgan fingerprint density at radius 1 is 0.950 bits per heavy atom. The standard InChI is InChI=1S/C14H20Cl2N4/c15-13-10-12(14(16)18-17-13)20-8-4-11(5-9-20)19-6-2-1-3-7-19/h10-11H,1-9H2. The van der Waals surface area contributed by atoms with Crippen molar-refractivity contribution < 1.29 is 0 Å². The van der Waals surface area contributed by atoms with Gasteiger partial charge in [0.15, 0.2) is 10.3 Å². The van der Waals surface area contributed by atoms with Crippen molar-refractivity contribution in [1.82, 2.24) is 15.1 Å². The summed E-state index contributed by atoms with van der Waals surface area (Å²) in [7, 11) is 0. The summed E-state index contributed by atoms with van der Waals surface area (Å²) in [6.45, 7) is 4.58. The average molecular weight is 315 g/mol. The van der Waals surface area contributed by atoms with Crippen LogP contribution >= 0.6 is 23.2 Å². The Morgan fingerprint density at radius 2 is 1.65 bits per heavy atom. The summed E-state index contributed by atoms with van der Waals surface area (Å²) in [5.74, 6) is 0. The molecule has 0 spiro atoms. The van der Waals surface area contributed by atoms with Crippen LogP contribution in [0.3, 0.4) is 0 Å². The molecule has 2 fully saturated rings.